The second-order valence-electron chi connectivity index (χ2n) is 10.5. The van der Waals surface area contributed by atoms with Gasteiger partial charge < -0.3 is 21.2 Å². The molecular weight excluding hydrogens is 656 g/mol. The van der Waals surface area contributed by atoms with Gasteiger partial charge in [0.2, 0.25) is 0 Å². The molecule has 0 radical (unpaired) electrons. The molecule has 11 heteroatoms. The summed E-state index contributed by atoms with van der Waals surface area (Å²) in [6.07, 6.45) is 9.10. The van der Waals surface area contributed by atoms with Crippen molar-refractivity contribution in [3.05, 3.63) is 83.2 Å². The Morgan fingerprint density at radius 2 is 0.933 bits per heavy atom. The van der Waals surface area contributed by atoms with Crippen molar-refractivity contribution in [1.82, 2.24) is 19.6 Å². The van der Waals surface area contributed by atoms with Crippen molar-refractivity contribution in [1.29, 1.82) is 0 Å². The molecule has 0 aliphatic carbocycles. The number of benzene rings is 2. The van der Waals surface area contributed by atoms with Gasteiger partial charge in [-0.1, -0.05) is 88.8 Å². The van der Waals surface area contributed by atoms with E-state index in [0.717, 1.165) is 51.4 Å². The predicted octanol–water partition coefficient (Wildman–Crippen LogP) is 6.57. The molecule has 0 saturated heterocycles. The minimum Gasteiger partial charge on any atom is -2.00 e. The van der Waals surface area contributed by atoms with E-state index in [-0.39, 0.29) is 66.5 Å². The molecule has 0 unspecified atom stereocenters. The van der Waals surface area contributed by atoms with Crippen LogP contribution in [0, 0.1) is 13.8 Å². The van der Waals surface area contributed by atoms with E-state index in [9.17, 15) is 19.8 Å². The predicted molar refractivity (Wildman–Crippen MR) is 163 cm³/mol. The number of Topliss-reactive ketones (excluding diaryl/α,β-unsaturated/α-hetero) is 2. The molecule has 2 aromatic carbocycles. The number of ketones is 2. The second-order valence-corrected chi connectivity index (χ2v) is 10.5. The number of aromatic nitrogens is 4. The van der Waals surface area contributed by atoms with Crippen LogP contribution in [-0.2, 0) is 32.0 Å². The molecule has 10 nitrogen and oxygen atoms in total. The summed E-state index contributed by atoms with van der Waals surface area (Å²) >= 11 is 0. The van der Waals surface area contributed by atoms with Gasteiger partial charge in [0.05, 0.1) is 33.9 Å². The maximum absolute atomic E-state index is 12.4. The first kappa shape index (κ1) is 41.4. The quantitative estimate of drug-likeness (QED) is 0.0818. The standard InChI is InChI=1S/2C17H22N2O2.Mo.2O/c2*1-3-4-5-9-12-15(20)16-13(2)18-19(17(16)21)14-10-7-6-8-11-14;;;/h2*6-8,10-11,21H,3-5,9,12H2,1-2H3;;;/q;;;2*-2/p-2. The molecule has 0 fully saturated rings. The number of hydrogen-bond donors (Lipinski definition) is 0. The zero-order valence-electron chi connectivity index (χ0n) is 26.5. The fourth-order valence-corrected chi connectivity index (χ4v) is 4.82. The van der Waals surface area contributed by atoms with Crippen molar-refractivity contribution in [2.45, 2.75) is 91.9 Å². The topological polar surface area (TPSA) is 173 Å². The average molecular weight is 699 g/mol. The zero-order valence-corrected chi connectivity index (χ0v) is 28.5. The molecule has 0 N–H and O–H groups in total. The third-order valence-electron chi connectivity index (χ3n) is 7.11. The molecule has 0 aliphatic rings. The van der Waals surface area contributed by atoms with Gasteiger partial charge in [-0.3, -0.25) is 9.59 Å². The monoisotopic (exact) mass is 700 g/mol. The number of para-hydroxylation sites is 2. The molecule has 2 heterocycles. The van der Waals surface area contributed by atoms with Gasteiger partial charge >= 0.3 is 0 Å². The minimum absolute atomic E-state index is 0. The van der Waals surface area contributed by atoms with Crippen molar-refractivity contribution in [3.8, 4) is 23.1 Å². The summed E-state index contributed by atoms with van der Waals surface area (Å²) in [4.78, 5) is 24.5. The summed E-state index contributed by atoms with van der Waals surface area (Å²) in [5.74, 6) is -0.787. The molecule has 2 aromatic heterocycles. The summed E-state index contributed by atoms with van der Waals surface area (Å²) in [6.45, 7) is 7.71. The van der Waals surface area contributed by atoms with Gasteiger partial charge in [-0.15, -0.1) is 0 Å². The number of carbonyl (C=O) groups is 2. The molecule has 0 amide bonds. The van der Waals surface area contributed by atoms with Crippen molar-refractivity contribution < 1.29 is 51.8 Å². The van der Waals surface area contributed by atoms with E-state index in [1.165, 1.54) is 9.36 Å². The maximum Gasteiger partial charge on any atom is 0.165 e. The Morgan fingerprint density at radius 3 is 1.24 bits per heavy atom. The summed E-state index contributed by atoms with van der Waals surface area (Å²) in [7, 11) is 0. The fourth-order valence-electron chi connectivity index (χ4n) is 4.82. The van der Waals surface area contributed by atoms with Crippen LogP contribution in [0.2, 0.25) is 0 Å². The van der Waals surface area contributed by atoms with Gasteiger partial charge in [0.1, 0.15) is 0 Å². The Kier molecular flexibility index (Phi) is 19.5. The number of aryl methyl sites for hydroxylation is 2. The van der Waals surface area contributed by atoms with E-state index < -0.39 is 0 Å². The molecule has 4 rings (SSSR count). The second kappa shape index (κ2) is 21.2. The van der Waals surface area contributed by atoms with E-state index >= 15 is 0 Å². The first-order valence-electron chi connectivity index (χ1n) is 15.0. The van der Waals surface area contributed by atoms with Gasteiger partial charge in [-0.2, -0.15) is 10.2 Å². The van der Waals surface area contributed by atoms with Crippen molar-refractivity contribution in [3.63, 3.8) is 0 Å². The minimum atomic E-state index is -0.306. The smallest absolute Gasteiger partial charge is 0.165 e. The van der Waals surface area contributed by atoms with Crippen LogP contribution in [0.1, 0.15) is 110 Å². The van der Waals surface area contributed by atoms with Crippen LogP contribution in [0.4, 0.5) is 0 Å². The molecular formula is C34H42MoN4O6-6. The largest absolute Gasteiger partial charge is 2.00 e. The third kappa shape index (κ3) is 11.4. The van der Waals surface area contributed by atoms with Crippen LogP contribution < -0.4 is 10.2 Å². The maximum atomic E-state index is 12.4. The summed E-state index contributed by atoms with van der Waals surface area (Å²) < 4.78 is 2.63. The molecule has 0 bridgehead atoms. The number of unbranched alkanes of at least 4 members (excludes halogenated alkanes) is 6. The van der Waals surface area contributed by atoms with Gasteiger partial charge in [0.25, 0.3) is 0 Å². The molecule has 0 spiro atoms. The van der Waals surface area contributed by atoms with Crippen LogP contribution >= 0.6 is 0 Å². The Labute approximate surface area is 280 Å². The van der Waals surface area contributed by atoms with E-state index in [0.29, 0.717) is 35.6 Å². The molecule has 246 valence electrons. The molecule has 45 heavy (non-hydrogen) atoms. The van der Waals surface area contributed by atoms with Crippen LogP contribution in [-0.4, -0.2) is 31.1 Å². The Bertz CT molecular complexity index is 1330. The van der Waals surface area contributed by atoms with E-state index in [1.807, 2.05) is 60.7 Å². The number of carbonyl (C=O) groups excluding carboxylic acids is 2. The Morgan fingerprint density at radius 1 is 0.600 bits per heavy atom. The fraction of sp³-hybridized carbons (Fsp3) is 0.412. The summed E-state index contributed by atoms with van der Waals surface area (Å²) in [6, 6.07) is 18.4. The van der Waals surface area contributed by atoms with Crippen molar-refractivity contribution in [2.24, 2.45) is 0 Å². The first-order valence-corrected chi connectivity index (χ1v) is 15.0. The Balaban J connectivity index is 0.000000807. The van der Waals surface area contributed by atoms with Crippen LogP contribution in [0.25, 0.3) is 11.4 Å². The zero-order chi connectivity index (χ0) is 30.5. The van der Waals surface area contributed by atoms with E-state index in [4.69, 9.17) is 0 Å². The summed E-state index contributed by atoms with van der Waals surface area (Å²) in [5.41, 5.74) is 2.91. The first-order chi connectivity index (χ1) is 20.3. The molecule has 0 atom stereocenters. The third-order valence-corrected chi connectivity index (χ3v) is 7.11. The summed E-state index contributed by atoms with van der Waals surface area (Å²) in [5, 5.41) is 33.3. The average Bonchev–Trinajstić information content (AvgIpc) is 3.47. The van der Waals surface area contributed by atoms with Crippen LogP contribution in [0.5, 0.6) is 11.8 Å². The number of rotatable bonds is 14. The normalized spacial score (nSPS) is 10.0. The van der Waals surface area contributed by atoms with Gasteiger partial charge in [0.15, 0.2) is 11.6 Å². The molecule has 0 aliphatic heterocycles. The van der Waals surface area contributed by atoms with Crippen LogP contribution in [0.3, 0.4) is 0 Å². The van der Waals surface area contributed by atoms with Gasteiger partial charge in [-0.05, 0) is 51.0 Å². The Hall–Kier alpha value is -3.59. The van der Waals surface area contributed by atoms with E-state index in [1.54, 1.807) is 13.8 Å². The van der Waals surface area contributed by atoms with E-state index in [2.05, 4.69) is 24.0 Å². The number of hydrogen-bond acceptors (Lipinski definition) is 6. The van der Waals surface area contributed by atoms with Crippen molar-refractivity contribution in [2.75, 3.05) is 0 Å². The van der Waals surface area contributed by atoms with Crippen molar-refractivity contribution >= 4 is 11.6 Å². The van der Waals surface area contributed by atoms with Gasteiger partial charge in [-0.25, -0.2) is 9.36 Å². The molecule has 0 saturated carbocycles. The van der Waals surface area contributed by atoms with Gasteiger partial charge in [0, 0.05) is 45.7 Å². The molecule has 4 aromatic rings. The SMILES string of the molecule is CCCCCCC(=O)c1c(C)nn(-c2ccccc2)c1[O-].CCCCCCC(=O)c1c(C)nn(-c2ccccc2)c1[O-].[Mo].[O-2].[O-2]. The number of nitrogens with zero attached hydrogens (tertiary/aromatic N) is 4. The van der Waals surface area contributed by atoms with Crippen LogP contribution in [0.15, 0.2) is 60.7 Å².